The normalized spacial score (nSPS) is 9.67. The summed E-state index contributed by atoms with van der Waals surface area (Å²) in [5.74, 6) is 0.505. The highest BCUT2D eigenvalue weighted by atomic mass is 16.5. The Labute approximate surface area is 72.5 Å². The van der Waals surface area contributed by atoms with Gasteiger partial charge in [-0.2, -0.15) is 0 Å². The summed E-state index contributed by atoms with van der Waals surface area (Å²) in [5, 5.41) is 9.31. The van der Waals surface area contributed by atoms with Crippen molar-refractivity contribution in [3.8, 4) is 5.88 Å². The molecule has 3 nitrogen and oxygen atoms in total. The molecule has 0 bridgehead atoms. The van der Waals surface area contributed by atoms with Crippen molar-refractivity contribution in [1.29, 1.82) is 0 Å². The lowest BCUT2D eigenvalue weighted by molar-refractivity contribution is 0.399. The lowest BCUT2D eigenvalue weighted by Crippen LogP contribution is -2.28. The molecule has 0 aliphatic rings. The number of methoxy groups -OCH3 is 1. The van der Waals surface area contributed by atoms with Gasteiger partial charge >= 0.3 is 6.92 Å². The number of nitrogens with zero attached hydrogens (tertiary/aromatic N) is 1. The van der Waals surface area contributed by atoms with Crippen LogP contribution in [0.25, 0.3) is 0 Å². The summed E-state index contributed by atoms with van der Waals surface area (Å²) in [4.78, 5) is 4.13. The molecule has 1 aromatic heterocycles. The quantitative estimate of drug-likeness (QED) is 0.637. The number of aryl methyl sites for hydroxylation is 1. The van der Waals surface area contributed by atoms with Crippen LogP contribution >= 0.6 is 0 Å². The van der Waals surface area contributed by atoms with Crippen LogP contribution in [0.1, 0.15) is 5.69 Å². The molecule has 0 fully saturated rings. The van der Waals surface area contributed by atoms with E-state index in [0.29, 0.717) is 5.88 Å². The van der Waals surface area contributed by atoms with E-state index in [-0.39, 0.29) is 0 Å². The molecule has 0 aromatic carbocycles. The van der Waals surface area contributed by atoms with E-state index in [0.717, 1.165) is 11.2 Å². The second kappa shape index (κ2) is 3.58. The van der Waals surface area contributed by atoms with Gasteiger partial charge < -0.3 is 9.76 Å². The summed E-state index contributed by atoms with van der Waals surface area (Å²) < 4.78 is 5.02. The van der Waals surface area contributed by atoms with Crippen LogP contribution in [0.2, 0.25) is 6.82 Å². The molecular formula is C8H12BNO2. The van der Waals surface area contributed by atoms with Crippen LogP contribution in [0.3, 0.4) is 0 Å². The molecule has 1 heterocycles. The Morgan fingerprint density at radius 2 is 2.17 bits per heavy atom. The predicted molar refractivity (Wildman–Crippen MR) is 49.0 cm³/mol. The van der Waals surface area contributed by atoms with E-state index in [2.05, 4.69) is 4.98 Å². The van der Waals surface area contributed by atoms with Crippen LogP contribution < -0.4 is 10.2 Å². The van der Waals surface area contributed by atoms with Gasteiger partial charge in [-0.3, -0.25) is 0 Å². The highest BCUT2D eigenvalue weighted by Gasteiger charge is 2.13. The summed E-state index contributed by atoms with van der Waals surface area (Å²) >= 11 is 0. The zero-order valence-electron chi connectivity index (χ0n) is 7.53. The predicted octanol–water partition coefficient (Wildman–Crippen LogP) is 0.219. The lowest BCUT2D eigenvalue weighted by Gasteiger charge is -2.07. The summed E-state index contributed by atoms with van der Waals surface area (Å²) in [7, 11) is 1.55. The second-order valence-electron chi connectivity index (χ2n) is 2.73. The Bertz CT molecular complexity index is 276. The van der Waals surface area contributed by atoms with Crippen LogP contribution in [0.15, 0.2) is 12.1 Å². The molecule has 0 atom stereocenters. The highest BCUT2D eigenvalue weighted by Crippen LogP contribution is 2.04. The number of ether oxygens (including phenoxy) is 1. The fraction of sp³-hybridized carbons (Fsp3) is 0.375. The molecule has 4 heteroatoms. The highest BCUT2D eigenvalue weighted by molar-refractivity contribution is 6.65. The topological polar surface area (TPSA) is 42.4 Å². The smallest absolute Gasteiger partial charge is 0.325 e. The van der Waals surface area contributed by atoms with E-state index in [1.807, 2.05) is 19.1 Å². The number of aromatic nitrogens is 1. The van der Waals surface area contributed by atoms with Crippen molar-refractivity contribution < 1.29 is 9.76 Å². The van der Waals surface area contributed by atoms with Crippen LogP contribution in [0.5, 0.6) is 5.88 Å². The Morgan fingerprint density at radius 1 is 1.50 bits per heavy atom. The van der Waals surface area contributed by atoms with Gasteiger partial charge in [0, 0.05) is 11.2 Å². The molecule has 64 valence electrons. The van der Waals surface area contributed by atoms with E-state index < -0.39 is 6.92 Å². The van der Waals surface area contributed by atoms with E-state index in [1.54, 1.807) is 13.9 Å². The molecule has 1 N–H and O–H groups in total. The molecule has 0 amide bonds. The van der Waals surface area contributed by atoms with Gasteiger partial charge in [0.2, 0.25) is 5.88 Å². The van der Waals surface area contributed by atoms with Crippen molar-refractivity contribution in [3.63, 3.8) is 0 Å². The third-order valence-electron chi connectivity index (χ3n) is 1.67. The molecule has 0 spiro atoms. The van der Waals surface area contributed by atoms with E-state index >= 15 is 0 Å². The summed E-state index contributed by atoms with van der Waals surface area (Å²) in [6, 6.07) is 3.68. The first-order chi connectivity index (χ1) is 5.65. The van der Waals surface area contributed by atoms with E-state index in [4.69, 9.17) is 4.74 Å². The Kier molecular flexibility index (Phi) is 2.71. The molecule has 0 unspecified atom stereocenters. The largest absolute Gasteiger partial charge is 0.481 e. The number of hydrogen-bond donors (Lipinski definition) is 1. The monoisotopic (exact) mass is 165 g/mol. The molecule has 12 heavy (non-hydrogen) atoms. The Hall–Kier alpha value is -1.03. The maximum atomic E-state index is 9.31. The SMILES string of the molecule is COc1nc(C)ccc1B(C)O. The fourth-order valence-electron chi connectivity index (χ4n) is 1.03. The number of rotatable bonds is 2. The third kappa shape index (κ3) is 1.77. The van der Waals surface area contributed by atoms with Gasteiger partial charge in [-0.05, 0) is 13.0 Å². The first-order valence-corrected chi connectivity index (χ1v) is 3.84. The molecular weight excluding hydrogens is 153 g/mol. The Balaban J connectivity index is 3.11. The minimum atomic E-state index is -0.534. The van der Waals surface area contributed by atoms with Gasteiger partial charge in [-0.1, -0.05) is 12.9 Å². The molecule has 1 aromatic rings. The summed E-state index contributed by atoms with van der Waals surface area (Å²) in [5.41, 5.74) is 1.61. The number of pyridine rings is 1. The maximum Gasteiger partial charge on any atom is 0.325 e. The summed E-state index contributed by atoms with van der Waals surface area (Å²) in [6.07, 6.45) is 0. The van der Waals surface area contributed by atoms with Gasteiger partial charge in [-0.15, -0.1) is 0 Å². The number of hydrogen-bond acceptors (Lipinski definition) is 3. The molecule has 0 saturated carbocycles. The van der Waals surface area contributed by atoms with Gasteiger partial charge in [0.05, 0.1) is 7.11 Å². The fourth-order valence-corrected chi connectivity index (χ4v) is 1.03. The van der Waals surface area contributed by atoms with Crippen molar-refractivity contribution in [2.24, 2.45) is 0 Å². The van der Waals surface area contributed by atoms with Crippen molar-refractivity contribution in [3.05, 3.63) is 17.8 Å². The molecule has 0 aliphatic carbocycles. The Morgan fingerprint density at radius 3 is 2.67 bits per heavy atom. The minimum Gasteiger partial charge on any atom is -0.481 e. The van der Waals surface area contributed by atoms with Gasteiger partial charge in [-0.25, -0.2) is 4.98 Å². The molecule has 0 saturated heterocycles. The molecule has 0 aliphatic heterocycles. The van der Waals surface area contributed by atoms with Crippen LogP contribution in [-0.2, 0) is 0 Å². The van der Waals surface area contributed by atoms with Gasteiger partial charge in [0.1, 0.15) is 0 Å². The van der Waals surface area contributed by atoms with Crippen LogP contribution in [0.4, 0.5) is 0 Å². The van der Waals surface area contributed by atoms with Crippen LogP contribution in [0, 0.1) is 6.92 Å². The van der Waals surface area contributed by atoms with Crippen molar-refractivity contribution in [1.82, 2.24) is 4.98 Å². The minimum absolute atomic E-state index is 0.505. The maximum absolute atomic E-state index is 9.31. The molecule has 0 radical (unpaired) electrons. The zero-order valence-corrected chi connectivity index (χ0v) is 7.53. The average molecular weight is 165 g/mol. The lowest BCUT2D eigenvalue weighted by atomic mass is 9.65. The van der Waals surface area contributed by atoms with Crippen molar-refractivity contribution in [2.45, 2.75) is 13.7 Å². The van der Waals surface area contributed by atoms with Gasteiger partial charge in [0.25, 0.3) is 0 Å². The second-order valence-corrected chi connectivity index (χ2v) is 2.73. The van der Waals surface area contributed by atoms with Crippen LogP contribution in [-0.4, -0.2) is 24.0 Å². The molecule has 1 rings (SSSR count). The van der Waals surface area contributed by atoms with Crippen molar-refractivity contribution >= 4 is 12.4 Å². The standard InChI is InChI=1S/C8H12BNO2/c1-6-4-5-7(9(2)11)8(10-6)12-3/h4-5,11H,1-3H3. The first kappa shape index (κ1) is 9.07. The van der Waals surface area contributed by atoms with E-state index in [9.17, 15) is 5.02 Å². The zero-order chi connectivity index (χ0) is 9.14. The van der Waals surface area contributed by atoms with Crippen molar-refractivity contribution in [2.75, 3.05) is 7.11 Å². The van der Waals surface area contributed by atoms with Gasteiger partial charge in [0.15, 0.2) is 0 Å². The van der Waals surface area contributed by atoms with E-state index in [1.165, 1.54) is 0 Å². The average Bonchev–Trinajstić information content (AvgIpc) is 2.03. The third-order valence-corrected chi connectivity index (χ3v) is 1.67. The first-order valence-electron chi connectivity index (χ1n) is 3.84. The summed E-state index contributed by atoms with van der Waals surface area (Å²) in [6.45, 7) is 3.04.